The van der Waals surface area contributed by atoms with Crippen molar-refractivity contribution in [3.63, 3.8) is 0 Å². The fourth-order valence-electron chi connectivity index (χ4n) is 8.59. The van der Waals surface area contributed by atoms with E-state index in [0.29, 0.717) is 34.8 Å². The number of aromatic nitrogens is 4. The molecule has 12 heteroatoms. The van der Waals surface area contributed by atoms with Gasteiger partial charge in [0.05, 0.1) is 22.3 Å². The summed E-state index contributed by atoms with van der Waals surface area (Å²) < 4.78 is 1.90. The number of pyridine rings is 2. The van der Waals surface area contributed by atoms with Crippen molar-refractivity contribution in [2.75, 3.05) is 36.8 Å². The quantitative estimate of drug-likeness (QED) is 0.131. The van der Waals surface area contributed by atoms with Gasteiger partial charge in [-0.05, 0) is 105 Å². The van der Waals surface area contributed by atoms with Gasteiger partial charge in [-0.3, -0.25) is 24.4 Å². The molecule has 0 spiro atoms. The zero-order valence-electron chi connectivity index (χ0n) is 30.9. The number of aliphatic carboxylic acids is 1. The number of imidazole rings is 1. The van der Waals surface area contributed by atoms with Gasteiger partial charge in [-0.2, -0.15) is 0 Å². The molecule has 0 atom stereocenters. The number of carboxylic acids is 1. The number of benzene rings is 2. The van der Waals surface area contributed by atoms with Gasteiger partial charge in [-0.25, -0.2) is 9.97 Å². The Kier molecular flexibility index (Phi) is 10.4. The third kappa shape index (κ3) is 7.45. The second-order valence-corrected chi connectivity index (χ2v) is 15.6. The van der Waals surface area contributed by atoms with Gasteiger partial charge in [0.2, 0.25) is 0 Å². The molecule has 54 heavy (non-hydrogen) atoms. The summed E-state index contributed by atoms with van der Waals surface area (Å²) in [5.41, 5.74) is 8.16. The highest BCUT2D eigenvalue weighted by atomic mass is 35.5. The monoisotopic (exact) mass is 746 g/mol. The summed E-state index contributed by atoms with van der Waals surface area (Å²) in [5, 5.41) is 17.4. The normalized spacial score (nSPS) is 19.2. The van der Waals surface area contributed by atoms with Crippen molar-refractivity contribution >= 4 is 51.6 Å². The predicted molar refractivity (Wildman–Crippen MR) is 212 cm³/mol. The van der Waals surface area contributed by atoms with E-state index in [0.717, 1.165) is 109 Å². The summed E-state index contributed by atoms with van der Waals surface area (Å²) in [7, 11) is 1.90. The van der Waals surface area contributed by atoms with Gasteiger partial charge in [-0.1, -0.05) is 35.9 Å². The van der Waals surface area contributed by atoms with E-state index in [2.05, 4.69) is 38.4 Å². The fourth-order valence-corrected chi connectivity index (χ4v) is 8.86. The first-order valence-corrected chi connectivity index (χ1v) is 19.5. The number of rotatable bonds is 10. The number of hydrogen-bond donors (Lipinski definition) is 3. The molecule has 2 aliphatic heterocycles. The molecule has 3 aromatic heterocycles. The van der Waals surface area contributed by atoms with Crippen LogP contribution >= 0.6 is 11.6 Å². The number of hydrogen-bond acceptors (Lipinski definition) is 8. The van der Waals surface area contributed by atoms with Crippen LogP contribution < -0.4 is 10.6 Å². The van der Waals surface area contributed by atoms with Crippen LogP contribution in [0.3, 0.4) is 0 Å². The molecule has 3 aliphatic rings. The average molecular weight is 747 g/mol. The molecule has 1 amide bonds. The minimum atomic E-state index is -0.672. The first-order valence-electron chi connectivity index (χ1n) is 19.1. The van der Waals surface area contributed by atoms with Crippen LogP contribution in [0.15, 0.2) is 60.9 Å². The molecule has 2 fully saturated rings. The molecule has 2 aromatic carbocycles. The van der Waals surface area contributed by atoms with Gasteiger partial charge in [0.25, 0.3) is 5.91 Å². The van der Waals surface area contributed by atoms with Crippen LogP contribution in [0.4, 0.5) is 17.2 Å². The smallest absolute Gasteiger partial charge is 0.306 e. The SMILES string of the molecule is Cc1c(Nc2nccc3cc(CN4CCCC4)cnc23)cccc1-c1cccc(NC(=O)c2nc3c(n2C)CCN(C[C@H]2CC[C@@H](C(=O)O)CC2)C3)c1Cl. The molecular weight excluding hydrogens is 700 g/mol. The Morgan fingerprint density at radius 1 is 0.944 bits per heavy atom. The number of nitrogens with one attached hydrogen (secondary N) is 2. The third-order valence-corrected chi connectivity index (χ3v) is 12.0. The minimum Gasteiger partial charge on any atom is -0.481 e. The number of carbonyl (C=O) groups excluding carboxylic acids is 1. The maximum Gasteiger partial charge on any atom is 0.306 e. The Hall–Kier alpha value is -4.84. The zero-order chi connectivity index (χ0) is 37.3. The van der Waals surface area contributed by atoms with Crippen LogP contribution in [0.25, 0.3) is 22.0 Å². The molecule has 0 radical (unpaired) electrons. The lowest BCUT2D eigenvalue weighted by atomic mass is 9.81. The molecule has 11 nitrogen and oxygen atoms in total. The molecule has 1 saturated carbocycles. The van der Waals surface area contributed by atoms with Gasteiger partial charge in [0.1, 0.15) is 5.52 Å². The molecule has 5 heterocycles. The van der Waals surface area contributed by atoms with Gasteiger partial charge in [0.15, 0.2) is 11.6 Å². The highest BCUT2D eigenvalue weighted by molar-refractivity contribution is 6.36. The van der Waals surface area contributed by atoms with Crippen LogP contribution in [-0.4, -0.2) is 72.5 Å². The predicted octanol–water partition coefficient (Wildman–Crippen LogP) is 7.83. The van der Waals surface area contributed by atoms with Crippen LogP contribution in [0.1, 0.15) is 71.7 Å². The summed E-state index contributed by atoms with van der Waals surface area (Å²) in [6.45, 7) is 7.75. The lowest BCUT2D eigenvalue weighted by Gasteiger charge is -2.33. The molecular formula is C42H47ClN8O3. The molecule has 1 aliphatic carbocycles. The van der Waals surface area contributed by atoms with Crippen molar-refractivity contribution in [1.29, 1.82) is 0 Å². The molecule has 0 bridgehead atoms. The van der Waals surface area contributed by atoms with E-state index in [1.807, 2.05) is 66.5 Å². The second-order valence-electron chi connectivity index (χ2n) is 15.2. The van der Waals surface area contributed by atoms with E-state index < -0.39 is 5.97 Å². The number of amides is 1. The van der Waals surface area contributed by atoms with Crippen LogP contribution in [0.2, 0.25) is 5.02 Å². The maximum absolute atomic E-state index is 13.7. The van der Waals surface area contributed by atoms with Crippen molar-refractivity contribution in [2.45, 2.75) is 65.0 Å². The lowest BCUT2D eigenvalue weighted by molar-refractivity contribution is -0.143. The van der Waals surface area contributed by atoms with Crippen LogP contribution in [0, 0.1) is 18.8 Å². The van der Waals surface area contributed by atoms with Crippen molar-refractivity contribution in [3.8, 4) is 11.1 Å². The summed E-state index contributed by atoms with van der Waals surface area (Å²) in [5.74, 6) is 0.349. The molecule has 1 saturated heterocycles. The summed E-state index contributed by atoms with van der Waals surface area (Å²) >= 11 is 7.06. The van der Waals surface area contributed by atoms with Crippen molar-refractivity contribution in [2.24, 2.45) is 18.9 Å². The minimum absolute atomic E-state index is 0.208. The number of carbonyl (C=O) groups is 2. The Labute approximate surface area is 320 Å². The first-order chi connectivity index (χ1) is 26.2. The van der Waals surface area contributed by atoms with Gasteiger partial charge < -0.3 is 20.3 Å². The van der Waals surface area contributed by atoms with Gasteiger partial charge in [0, 0.05) is 74.4 Å². The highest BCUT2D eigenvalue weighted by Crippen LogP contribution is 2.39. The van der Waals surface area contributed by atoms with E-state index >= 15 is 0 Å². The molecule has 8 rings (SSSR count). The molecule has 5 aromatic rings. The Bertz CT molecular complexity index is 2210. The lowest BCUT2D eigenvalue weighted by Crippen LogP contribution is -2.36. The highest BCUT2D eigenvalue weighted by Gasteiger charge is 2.30. The largest absolute Gasteiger partial charge is 0.481 e. The van der Waals surface area contributed by atoms with E-state index in [-0.39, 0.29) is 11.8 Å². The van der Waals surface area contributed by atoms with Crippen LogP contribution in [0.5, 0.6) is 0 Å². The van der Waals surface area contributed by atoms with Gasteiger partial charge in [-0.15, -0.1) is 0 Å². The number of fused-ring (bicyclic) bond motifs is 2. The summed E-state index contributed by atoms with van der Waals surface area (Å²) in [6, 6.07) is 15.9. The third-order valence-electron chi connectivity index (χ3n) is 11.6. The average Bonchev–Trinajstić information content (AvgIpc) is 3.81. The number of likely N-dealkylation sites (tertiary alicyclic amines) is 1. The van der Waals surface area contributed by atoms with E-state index in [4.69, 9.17) is 21.6 Å². The number of anilines is 3. The van der Waals surface area contributed by atoms with Crippen molar-refractivity contribution in [3.05, 3.63) is 94.3 Å². The summed E-state index contributed by atoms with van der Waals surface area (Å²) in [4.78, 5) is 44.3. The van der Waals surface area contributed by atoms with E-state index in [9.17, 15) is 14.7 Å². The van der Waals surface area contributed by atoms with Crippen molar-refractivity contribution < 1.29 is 14.7 Å². The summed E-state index contributed by atoms with van der Waals surface area (Å²) in [6.07, 6.45) is 10.5. The van der Waals surface area contributed by atoms with Crippen LogP contribution in [-0.2, 0) is 31.4 Å². The fraction of sp³-hybridized carbons (Fsp3) is 0.405. The Morgan fingerprint density at radius 3 is 2.48 bits per heavy atom. The Balaban J connectivity index is 0.963. The number of nitrogens with zero attached hydrogens (tertiary/aromatic N) is 6. The van der Waals surface area contributed by atoms with E-state index in [1.165, 1.54) is 18.4 Å². The standard InChI is InChI=1S/C42H47ClN8O3/c1-26-31(7-5-9-33(26)46-39-38-30(15-17-44-39)21-28(22-45-38)24-50-18-3-4-19-50)32-8-6-10-34(37(32)43)48-41(52)40-47-35-25-51(20-16-36(35)49(40)2)23-27-11-13-29(14-12-27)42(53)54/h5-10,15,17,21-22,27,29H,3-4,11-14,16,18-20,23-25H2,1-2H3,(H,44,46)(H,48,52)(H,53,54)/t27-,29+. The zero-order valence-corrected chi connectivity index (χ0v) is 31.7. The van der Waals surface area contributed by atoms with Crippen molar-refractivity contribution in [1.82, 2.24) is 29.3 Å². The molecule has 280 valence electrons. The van der Waals surface area contributed by atoms with Gasteiger partial charge >= 0.3 is 5.97 Å². The van der Waals surface area contributed by atoms with E-state index in [1.54, 1.807) is 0 Å². The number of halogens is 1. The molecule has 3 N–H and O–H groups in total. The number of carboxylic acid groups (broad SMARTS) is 1. The second kappa shape index (κ2) is 15.5. The Morgan fingerprint density at radius 2 is 1.70 bits per heavy atom. The maximum atomic E-state index is 13.7. The first kappa shape index (κ1) is 36.2. The topological polar surface area (TPSA) is 129 Å². The molecule has 0 unspecified atom stereocenters.